The number of methoxy groups -OCH3 is 1. The Bertz CT molecular complexity index is 449. The summed E-state index contributed by atoms with van der Waals surface area (Å²) in [6.45, 7) is 5.42. The van der Waals surface area contributed by atoms with Crippen LogP contribution in [0.3, 0.4) is 0 Å². The van der Waals surface area contributed by atoms with Gasteiger partial charge in [-0.05, 0) is 55.3 Å². The third kappa shape index (κ3) is 3.97. The normalized spacial score (nSPS) is 23.2. The molecule has 0 aliphatic heterocycles. The lowest BCUT2D eigenvalue weighted by atomic mass is 9.90. The first-order valence-electron chi connectivity index (χ1n) is 8.26. The van der Waals surface area contributed by atoms with Crippen molar-refractivity contribution in [2.24, 2.45) is 11.8 Å². The summed E-state index contributed by atoms with van der Waals surface area (Å²) in [7, 11) is 1.51. The second kappa shape index (κ2) is 7.79. The molecule has 3 unspecified atom stereocenters. The van der Waals surface area contributed by atoms with E-state index in [0.29, 0.717) is 11.7 Å². The molecule has 2 nitrogen and oxygen atoms in total. The summed E-state index contributed by atoms with van der Waals surface area (Å²) in [6, 6.07) is 5.67. The summed E-state index contributed by atoms with van der Waals surface area (Å²) < 4.78 is 19.0. The minimum absolute atomic E-state index is 0.261. The Morgan fingerprint density at radius 1 is 1.33 bits per heavy atom. The summed E-state index contributed by atoms with van der Waals surface area (Å²) in [5.41, 5.74) is 1.06. The molecule has 0 spiro atoms. The summed E-state index contributed by atoms with van der Waals surface area (Å²) in [6.07, 6.45) is 6.16. The molecule has 0 saturated heterocycles. The predicted molar refractivity (Wildman–Crippen MR) is 85.1 cm³/mol. The Balaban J connectivity index is 2.17. The van der Waals surface area contributed by atoms with E-state index in [4.69, 9.17) is 4.74 Å². The van der Waals surface area contributed by atoms with Crippen LogP contribution in [0.2, 0.25) is 0 Å². The number of halogens is 1. The maximum absolute atomic E-state index is 14.0. The van der Waals surface area contributed by atoms with Gasteiger partial charge in [-0.1, -0.05) is 32.8 Å². The van der Waals surface area contributed by atoms with Gasteiger partial charge >= 0.3 is 0 Å². The highest BCUT2D eigenvalue weighted by Crippen LogP contribution is 2.40. The maximum Gasteiger partial charge on any atom is 0.165 e. The predicted octanol–water partition coefficient (Wildman–Crippen LogP) is 4.70. The first-order chi connectivity index (χ1) is 10.2. The summed E-state index contributed by atoms with van der Waals surface area (Å²) in [4.78, 5) is 0. The fourth-order valence-corrected chi connectivity index (χ4v) is 3.52. The van der Waals surface area contributed by atoms with E-state index in [-0.39, 0.29) is 11.9 Å². The lowest BCUT2D eigenvalue weighted by Crippen LogP contribution is -2.28. The molecule has 1 fully saturated rings. The second-order valence-corrected chi connectivity index (χ2v) is 6.17. The fourth-order valence-electron chi connectivity index (χ4n) is 3.52. The monoisotopic (exact) mass is 293 g/mol. The summed E-state index contributed by atoms with van der Waals surface area (Å²) >= 11 is 0. The fraction of sp³-hybridized carbons (Fsp3) is 0.667. The number of nitrogens with one attached hydrogen (secondary N) is 1. The molecule has 1 aromatic rings. The second-order valence-electron chi connectivity index (χ2n) is 6.17. The van der Waals surface area contributed by atoms with Gasteiger partial charge in [0.1, 0.15) is 0 Å². The minimum Gasteiger partial charge on any atom is -0.494 e. The van der Waals surface area contributed by atoms with Crippen molar-refractivity contribution in [1.29, 1.82) is 0 Å². The molecule has 1 aliphatic rings. The van der Waals surface area contributed by atoms with Gasteiger partial charge in [-0.3, -0.25) is 0 Å². The molecular weight excluding hydrogens is 265 g/mol. The van der Waals surface area contributed by atoms with Gasteiger partial charge in [-0.25, -0.2) is 4.39 Å². The standard InChI is InChI=1S/C18H28FNO/c1-4-10-20-18(14-7-6-13(5-2)11-14)15-8-9-17(21-3)16(19)12-15/h8-9,12-14,18,20H,4-7,10-11H2,1-3H3. The summed E-state index contributed by atoms with van der Waals surface area (Å²) in [5.74, 6) is 1.52. The largest absolute Gasteiger partial charge is 0.494 e. The van der Waals surface area contributed by atoms with E-state index >= 15 is 0 Å². The van der Waals surface area contributed by atoms with Gasteiger partial charge in [0.15, 0.2) is 11.6 Å². The molecule has 1 aliphatic carbocycles. The molecule has 0 heterocycles. The molecule has 1 N–H and O–H groups in total. The molecule has 3 heteroatoms. The van der Waals surface area contributed by atoms with Gasteiger partial charge in [0.2, 0.25) is 0 Å². The van der Waals surface area contributed by atoms with Crippen LogP contribution in [0, 0.1) is 17.7 Å². The number of hydrogen-bond donors (Lipinski definition) is 1. The smallest absolute Gasteiger partial charge is 0.165 e. The minimum atomic E-state index is -0.261. The quantitative estimate of drug-likeness (QED) is 0.786. The van der Waals surface area contributed by atoms with Gasteiger partial charge in [0.05, 0.1) is 7.11 Å². The highest BCUT2D eigenvalue weighted by Gasteiger charge is 2.31. The van der Waals surface area contributed by atoms with Gasteiger partial charge < -0.3 is 10.1 Å². The van der Waals surface area contributed by atoms with E-state index in [1.54, 1.807) is 12.1 Å². The average Bonchev–Trinajstić information content (AvgIpc) is 2.96. The van der Waals surface area contributed by atoms with Crippen molar-refractivity contribution in [3.8, 4) is 5.75 Å². The maximum atomic E-state index is 14.0. The molecule has 0 amide bonds. The molecule has 1 saturated carbocycles. The van der Waals surface area contributed by atoms with Crippen LogP contribution in [0.1, 0.15) is 57.6 Å². The molecule has 118 valence electrons. The Kier molecular flexibility index (Phi) is 6.04. The third-order valence-electron chi connectivity index (χ3n) is 4.78. The molecule has 0 radical (unpaired) electrons. The van der Waals surface area contributed by atoms with Crippen LogP contribution in [0.15, 0.2) is 18.2 Å². The lowest BCUT2D eigenvalue weighted by Gasteiger charge is -2.26. The van der Waals surface area contributed by atoms with Crippen LogP contribution in [0.25, 0.3) is 0 Å². The topological polar surface area (TPSA) is 21.3 Å². The van der Waals surface area contributed by atoms with Crippen LogP contribution < -0.4 is 10.1 Å². The SMILES string of the molecule is CCCNC(c1ccc(OC)c(F)c1)C1CCC(CC)C1. The van der Waals surface area contributed by atoms with E-state index in [2.05, 4.69) is 19.2 Å². The molecule has 21 heavy (non-hydrogen) atoms. The van der Waals surface area contributed by atoms with Gasteiger partial charge in [0, 0.05) is 6.04 Å². The van der Waals surface area contributed by atoms with Crippen molar-refractivity contribution in [1.82, 2.24) is 5.32 Å². The van der Waals surface area contributed by atoms with Gasteiger partial charge in [-0.15, -0.1) is 0 Å². The molecular formula is C18H28FNO. The van der Waals surface area contributed by atoms with E-state index < -0.39 is 0 Å². The third-order valence-corrected chi connectivity index (χ3v) is 4.78. The highest BCUT2D eigenvalue weighted by molar-refractivity contribution is 5.31. The molecule has 3 atom stereocenters. The summed E-state index contributed by atoms with van der Waals surface area (Å²) in [5, 5.41) is 3.63. The molecule has 0 bridgehead atoms. The van der Waals surface area contributed by atoms with E-state index in [1.165, 1.54) is 32.8 Å². The number of rotatable bonds is 7. The van der Waals surface area contributed by atoms with Crippen LogP contribution in [-0.2, 0) is 0 Å². The molecule has 1 aromatic carbocycles. The van der Waals surface area contributed by atoms with Gasteiger partial charge in [-0.2, -0.15) is 0 Å². The average molecular weight is 293 g/mol. The zero-order chi connectivity index (χ0) is 15.2. The highest BCUT2D eigenvalue weighted by atomic mass is 19.1. The zero-order valence-electron chi connectivity index (χ0n) is 13.5. The van der Waals surface area contributed by atoms with E-state index in [1.807, 2.05) is 6.07 Å². The van der Waals surface area contributed by atoms with Crippen molar-refractivity contribution >= 4 is 0 Å². The van der Waals surface area contributed by atoms with E-state index in [0.717, 1.165) is 24.4 Å². The first-order valence-corrected chi connectivity index (χ1v) is 8.26. The van der Waals surface area contributed by atoms with Crippen molar-refractivity contribution in [2.45, 2.75) is 52.0 Å². The van der Waals surface area contributed by atoms with Crippen LogP contribution >= 0.6 is 0 Å². The van der Waals surface area contributed by atoms with Crippen molar-refractivity contribution in [3.05, 3.63) is 29.6 Å². The van der Waals surface area contributed by atoms with Gasteiger partial charge in [0.25, 0.3) is 0 Å². The lowest BCUT2D eigenvalue weighted by molar-refractivity contribution is 0.350. The number of hydrogen-bond acceptors (Lipinski definition) is 2. The van der Waals surface area contributed by atoms with Crippen molar-refractivity contribution in [3.63, 3.8) is 0 Å². The Labute approximate surface area is 128 Å². The Hall–Kier alpha value is -1.09. The molecule has 2 rings (SSSR count). The number of ether oxygens (including phenoxy) is 1. The number of benzene rings is 1. The zero-order valence-corrected chi connectivity index (χ0v) is 13.5. The molecule has 0 aromatic heterocycles. The van der Waals surface area contributed by atoms with Crippen LogP contribution in [0.4, 0.5) is 4.39 Å². The van der Waals surface area contributed by atoms with Crippen molar-refractivity contribution < 1.29 is 9.13 Å². The first kappa shape index (κ1) is 16.3. The Morgan fingerprint density at radius 3 is 2.71 bits per heavy atom. The van der Waals surface area contributed by atoms with Crippen molar-refractivity contribution in [2.75, 3.05) is 13.7 Å². The van der Waals surface area contributed by atoms with Crippen LogP contribution in [0.5, 0.6) is 5.75 Å². The van der Waals surface area contributed by atoms with E-state index in [9.17, 15) is 4.39 Å². The van der Waals surface area contributed by atoms with Crippen LogP contribution in [-0.4, -0.2) is 13.7 Å². The Morgan fingerprint density at radius 2 is 2.14 bits per heavy atom.